The van der Waals surface area contributed by atoms with Crippen LogP contribution in [0.15, 0.2) is 24.4 Å². The van der Waals surface area contributed by atoms with Gasteiger partial charge in [-0.3, -0.25) is 5.10 Å². The first-order chi connectivity index (χ1) is 7.72. The Morgan fingerprint density at radius 2 is 2.06 bits per heavy atom. The maximum Gasteiger partial charge on any atom is 0.0695 e. The van der Waals surface area contributed by atoms with Crippen LogP contribution in [0.4, 0.5) is 0 Å². The van der Waals surface area contributed by atoms with Crippen molar-refractivity contribution in [1.82, 2.24) is 15.5 Å². The Morgan fingerprint density at radius 1 is 1.25 bits per heavy atom. The molecule has 0 radical (unpaired) electrons. The minimum absolute atomic E-state index is 0.832. The molecule has 0 aliphatic rings. The quantitative estimate of drug-likeness (QED) is 0.825. The Balaban J connectivity index is 2.42. The van der Waals surface area contributed by atoms with Gasteiger partial charge in [-0.25, -0.2) is 0 Å². The van der Waals surface area contributed by atoms with Crippen molar-refractivity contribution >= 4 is 0 Å². The van der Waals surface area contributed by atoms with E-state index in [9.17, 15) is 0 Å². The van der Waals surface area contributed by atoms with E-state index < -0.39 is 0 Å². The van der Waals surface area contributed by atoms with Crippen LogP contribution < -0.4 is 5.32 Å². The van der Waals surface area contributed by atoms with Gasteiger partial charge in [0.2, 0.25) is 0 Å². The summed E-state index contributed by atoms with van der Waals surface area (Å²) in [5.41, 5.74) is 6.13. The molecule has 3 nitrogen and oxygen atoms in total. The first kappa shape index (κ1) is 10.9. The van der Waals surface area contributed by atoms with Crippen LogP contribution in [0, 0.1) is 13.8 Å². The van der Waals surface area contributed by atoms with Crippen molar-refractivity contribution in [3.63, 3.8) is 0 Å². The molecular weight excluding hydrogens is 198 g/mol. The zero-order valence-electron chi connectivity index (χ0n) is 9.96. The predicted molar refractivity (Wildman–Crippen MR) is 66.3 cm³/mol. The largest absolute Gasteiger partial charge is 0.316 e. The van der Waals surface area contributed by atoms with Crippen LogP contribution in [0.2, 0.25) is 0 Å². The first-order valence-electron chi connectivity index (χ1n) is 5.47. The molecule has 0 saturated heterocycles. The molecule has 0 aliphatic carbocycles. The SMILES string of the molecule is CNCc1cn[nH]c1-c1ccc(C)c(C)c1. The van der Waals surface area contributed by atoms with Crippen LogP contribution in [0.25, 0.3) is 11.3 Å². The van der Waals surface area contributed by atoms with Crippen LogP contribution in [0.1, 0.15) is 16.7 Å². The minimum Gasteiger partial charge on any atom is -0.316 e. The molecule has 0 unspecified atom stereocenters. The lowest BCUT2D eigenvalue weighted by molar-refractivity contribution is 0.820. The summed E-state index contributed by atoms with van der Waals surface area (Å²) in [4.78, 5) is 0. The maximum absolute atomic E-state index is 4.10. The number of benzene rings is 1. The monoisotopic (exact) mass is 215 g/mol. The van der Waals surface area contributed by atoms with E-state index in [1.807, 2.05) is 13.2 Å². The van der Waals surface area contributed by atoms with Crippen molar-refractivity contribution in [2.75, 3.05) is 7.05 Å². The maximum atomic E-state index is 4.10. The van der Waals surface area contributed by atoms with E-state index in [-0.39, 0.29) is 0 Å². The number of hydrogen-bond acceptors (Lipinski definition) is 2. The Kier molecular flexibility index (Phi) is 3.06. The zero-order chi connectivity index (χ0) is 11.5. The molecule has 0 atom stereocenters. The molecule has 84 valence electrons. The van der Waals surface area contributed by atoms with E-state index in [4.69, 9.17) is 0 Å². The Hall–Kier alpha value is -1.61. The molecule has 0 spiro atoms. The van der Waals surface area contributed by atoms with Crippen LogP contribution >= 0.6 is 0 Å². The molecule has 0 aliphatic heterocycles. The average Bonchev–Trinajstić information content (AvgIpc) is 2.71. The molecule has 0 bridgehead atoms. The topological polar surface area (TPSA) is 40.7 Å². The molecule has 2 N–H and O–H groups in total. The van der Waals surface area contributed by atoms with Crippen molar-refractivity contribution in [2.45, 2.75) is 20.4 Å². The molecule has 0 saturated carbocycles. The molecule has 2 rings (SSSR count). The number of nitrogens with one attached hydrogen (secondary N) is 2. The fourth-order valence-electron chi connectivity index (χ4n) is 1.78. The summed E-state index contributed by atoms with van der Waals surface area (Å²) in [5.74, 6) is 0. The second kappa shape index (κ2) is 4.49. The lowest BCUT2D eigenvalue weighted by atomic mass is 10.0. The van der Waals surface area contributed by atoms with Gasteiger partial charge in [-0.05, 0) is 38.1 Å². The van der Waals surface area contributed by atoms with Gasteiger partial charge in [0.15, 0.2) is 0 Å². The highest BCUT2D eigenvalue weighted by Crippen LogP contribution is 2.23. The summed E-state index contributed by atoms with van der Waals surface area (Å²) in [6.07, 6.45) is 1.88. The van der Waals surface area contributed by atoms with E-state index in [0.717, 1.165) is 12.2 Å². The van der Waals surface area contributed by atoms with Crippen molar-refractivity contribution in [1.29, 1.82) is 0 Å². The second-order valence-corrected chi connectivity index (χ2v) is 4.10. The van der Waals surface area contributed by atoms with Crippen molar-refractivity contribution in [2.24, 2.45) is 0 Å². The molecule has 16 heavy (non-hydrogen) atoms. The first-order valence-corrected chi connectivity index (χ1v) is 5.47. The number of aryl methyl sites for hydroxylation is 2. The van der Waals surface area contributed by atoms with Gasteiger partial charge in [0.1, 0.15) is 0 Å². The summed E-state index contributed by atoms with van der Waals surface area (Å²) in [6.45, 7) is 5.09. The number of H-pyrrole nitrogens is 1. The molecule has 3 heteroatoms. The molecule has 0 amide bonds. The highest BCUT2D eigenvalue weighted by molar-refractivity contribution is 5.64. The fourth-order valence-corrected chi connectivity index (χ4v) is 1.78. The lowest BCUT2D eigenvalue weighted by Gasteiger charge is -2.05. The average molecular weight is 215 g/mol. The van der Waals surface area contributed by atoms with Gasteiger partial charge in [0.05, 0.1) is 11.9 Å². The Morgan fingerprint density at radius 3 is 2.75 bits per heavy atom. The Labute approximate surface area is 95.9 Å². The van der Waals surface area contributed by atoms with E-state index >= 15 is 0 Å². The summed E-state index contributed by atoms with van der Waals surface area (Å²) >= 11 is 0. The van der Waals surface area contributed by atoms with Crippen molar-refractivity contribution in [3.8, 4) is 11.3 Å². The van der Waals surface area contributed by atoms with Crippen molar-refractivity contribution in [3.05, 3.63) is 41.1 Å². The Bertz CT molecular complexity index is 486. The van der Waals surface area contributed by atoms with E-state index in [0.29, 0.717) is 0 Å². The summed E-state index contributed by atoms with van der Waals surface area (Å²) in [6, 6.07) is 6.48. The molecule has 0 fully saturated rings. The van der Waals surface area contributed by atoms with Crippen LogP contribution in [0.5, 0.6) is 0 Å². The van der Waals surface area contributed by atoms with Crippen molar-refractivity contribution < 1.29 is 0 Å². The van der Waals surface area contributed by atoms with E-state index in [1.54, 1.807) is 0 Å². The smallest absolute Gasteiger partial charge is 0.0695 e. The van der Waals surface area contributed by atoms with Crippen LogP contribution in [-0.2, 0) is 6.54 Å². The van der Waals surface area contributed by atoms with E-state index in [1.165, 1.54) is 22.3 Å². The van der Waals surface area contributed by atoms with E-state index in [2.05, 4.69) is 47.6 Å². The minimum atomic E-state index is 0.832. The molecule has 2 aromatic rings. The second-order valence-electron chi connectivity index (χ2n) is 4.10. The van der Waals surface area contributed by atoms with Gasteiger partial charge < -0.3 is 5.32 Å². The standard InChI is InChI=1S/C13H17N3/c1-9-4-5-11(6-10(9)2)13-12(7-14-3)8-15-16-13/h4-6,8,14H,7H2,1-3H3,(H,15,16). The number of aromatic amines is 1. The van der Waals surface area contributed by atoms with Gasteiger partial charge in [-0.15, -0.1) is 0 Å². The lowest BCUT2D eigenvalue weighted by Crippen LogP contribution is -2.05. The third-order valence-electron chi connectivity index (χ3n) is 2.88. The normalized spacial score (nSPS) is 10.7. The van der Waals surface area contributed by atoms with Gasteiger partial charge in [0.25, 0.3) is 0 Å². The molecular formula is C13H17N3. The summed E-state index contributed by atoms with van der Waals surface area (Å²) < 4.78 is 0. The van der Waals surface area contributed by atoms with Gasteiger partial charge in [-0.1, -0.05) is 12.1 Å². The summed E-state index contributed by atoms with van der Waals surface area (Å²) in [5, 5.41) is 10.3. The molecule has 1 aromatic heterocycles. The van der Waals surface area contributed by atoms with Gasteiger partial charge >= 0.3 is 0 Å². The molecule has 1 aromatic carbocycles. The highest BCUT2D eigenvalue weighted by atomic mass is 15.1. The number of hydrogen-bond donors (Lipinski definition) is 2. The molecule has 1 heterocycles. The zero-order valence-corrected chi connectivity index (χ0v) is 9.96. The third-order valence-corrected chi connectivity index (χ3v) is 2.88. The predicted octanol–water partition coefficient (Wildman–Crippen LogP) is 2.41. The van der Waals surface area contributed by atoms with Crippen LogP contribution in [-0.4, -0.2) is 17.2 Å². The third kappa shape index (κ3) is 1.99. The fraction of sp³-hybridized carbons (Fsp3) is 0.308. The summed E-state index contributed by atoms with van der Waals surface area (Å²) in [7, 11) is 1.94. The highest BCUT2D eigenvalue weighted by Gasteiger charge is 2.07. The van der Waals surface area contributed by atoms with Gasteiger partial charge in [0, 0.05) is 17.7 Å². The number of nitrogens with zero attached hydrogens (tertiary/aromatic N) is 1. The van der Waals surface area contributed by atoms with Gasteiger partial charge in [-0.2, -0.15) is 5.10 Å². The number of rotatable bonds is 3. The van der Waals surface area contributed by atoms with Crippen LogP contribution in [0.3, 0.4) is 0 Å². The number of aromatic nitrogens is 2.